The highest BCUT2D eigenvalue weighted by Crippen LogP contribution is 2.17. The van der Waals surface area contributed by atoms with Gasteiger partial charge in [-0.1, -0.05) is 12.1 Å². The van der Waals surface area contributed by atoms with Crippen molar-refractivity contribution in [3.05, 3.63) is 29.8 Å². The lowest BCUT2D eigenvalue weighted by molar-refractivity contribution is 0.474. The summed E-state index contributed by atoms with van der Waals surface area (Å²) in [6.07, 6.45) is 0.496. The van der Waals surface area contributed by atoms with E-state index >= 15 is 0 Å². The van der Waals surface area contributed by atoms with Crippen LogP contribution in [0.4, 0.5) is 10.1 Å². The van der Waals surface area contributed by atoms with Crippen molar-refractivity contribution in [2.24, 2.45) is 0 Å². The van der Waals surface area contributed by atoms with Gasteiger partial charge >= 0.3 is 0 Å². The predicted molar refractivity (Wildman–Crippen MR) is 55.0 cm³/mol. The summed E-state index contributed by atoms with van der Waals surface area (Å²) < 4.78 is 12.0. The molecule has 2 nitrogen and oxygen atoms in total. The molecule has 0 radical (unpaired) electrons. The van der Waals surface area contributed by atoms with Crippen molar-refractivity contribution in [2.45, 2.75) is 6.42 Å². The molecule has 14 heavy (non-hydrogen) atoms. The molecule has 0 N–H and O–H groups in total. The Kier molecular flexibility index (Phi) is 3.93. The number of anilines is 1. The van der Waals surface area contributed by atoms with Crippen LogP contribution in [0.1, 0.15) is 12.0 Å². The fourth-order valence-corrected chi connectivity index (χ4v) is 1.32. The van der Waals surface area contributed by atoms with Gasteiger partial charge < -0.3 is 4.90 Å². The van der Waals surface area contributed by atoms with Gasteiger partial charge in [0.25, 0.3) is 0 Å². The van der Waals surface area contributed by atoms with Crippen LogP contribution in [0.3, 0.4) is 0 Å². The van der Waals surface area contributed by atoms with E-state index < -0.39 is 0 Å². The smallest absolute Gasteiger partial charge is 0.101 e. The van der Waals surface area contributed by atoms with E-state index in [0.717, 1.165) is 5.69 Å². The van der Waals surface area contributed by atoms with Crippen molar-refractivity contribution in [1.82, 2.24) is 0 Å². The molecular formula is C11H13FN2. The zero-order valence-corrected chi connectivity index (χ0v) is 8.20. The molecule has 0 saturated heterocycles. The van der Waals surface area contributed by atoms with Gasteiger partial charge in [-0.25, -0.2) is 0 Å². The number of para-hydroxylation sites is 1. The standard InChI is InChI=1S/C11H13FN2/c1-14(8-4-7-12)11-6-3-2-5-10(11)9-13/h2-3,5-6H,4,7-8H2,1H3. The number of nitrogens with zero attached hydrogens (tertiary/aromatic N) is 2. The first-order valence-electron chi connectivity index (χ1n) is 4.56. The van der Waals surface area contributed by atoms with E-state index in [0.29, 0.717) is 18.5 Å². The third kappa shape index (κ3) is 2.46. The minimum absolute atomic E-state index is 0.320. The van der Waals surface area contributed by atoms with Gasteiger partial charge in [0, 0.05) is 13.6 Å². The van der Waals surface area contributed by atoms with Gasteiger partial charge in [0.2, 0.25) is 0 Å². The minimum Gasteiger partial charge on any atom is -0.373 e. The second-order valence-corrected chi connectivity index (χ2v) is 3.09. The summed E-state index contributed by atoms with van der Waals surface area (Å²) >= 11 is 0. The Morgan fingerprint density at radius 2 is 2.14 bits per heavy atom. The van der Waals surface area contributed by atoms with E-state index in [1.807, 2.05) is 30.1 Å². The maximum Gasteiger partial charge on any atom is 0.101 e. The zero-order valence-electron chi connectivity index (χ0n) is 8.20. The topological polar surface area (TPSA) is 27.0 Å². The molecule has 0 aromatic heterocycles. The van der Waals surface area contributed by atoms with Crippen molar-refractivity contribution in [2.75, 3.05) is 25.2 Å². The average molecular weight is 192 g/mol. The lowest BCUT2D eigenvalue weighted by Gasteiger charge is -2.19. The molecule has 0 unspecified atom stereocenters. The van der Waals surface area contributed by atoms with Crippen LogP contribution in [-0.2, 0) is 0 Å². The SMILES string of the molecule is CN(CCCF)c1ccccc1C#N. The summed E-state index contributed by atoms with van der Waals surface area (Å²) in [5, 5.41) is 8.84. The third-order valence-corrected chi connectivity index (χ3v) is 2.06. The van der Waals surface area contributed by atoms with Crippen LogP contribution in [0.25, 0.3) is 0 Å². The van der Waals surface area contributed by atoms with E-state index in [1.54, 1.807) is 6.07 Å². The van der Waals surface area contributed by atoms with Gasteiger partial charge in [-0.15, -0.1) is 0 Å². The quantitative estimate of drug-likeness (QED) is 0.732. The summed E-state index contributed by atoms with van der Waals surface area (Å²) in [5.41, 5.74) is 1.50. The molecule has 0 heterocycles. The van der Waals surface area contributed by atoms with Crippen LogP contribution in [0.15, 0.2) is 24.3 Å². The van der Waals surface area contributed by atoms with Gasteiger partial charge in [-0.3, -0.25) is 4.39 Å². The molecule has 1 rings (SSSR count). The lowest BCUT2D eigenvalue weighted by atomic mass is 10.2. The Hall–Kier alpha value is -1.56. The van der Waals surface area contributed by atoms with Gasteiger partial charge in [-0.05, 0) is 18.6 Å². The van der Waals surface area contributed by atoms with E-state index in [9.17, 15) is 4.39 Å². The average Bonchev–Trinajstić information content (AvgIpc) is 2.25. The molecule has 0 aliphatic carbocycles. The maximum absolute atomic E-state index is 12.0. The summed E-state index contributed by atoms with van der Waals surface area (Å²) in [4.78, 5) is 1.90. The largest absolute Gasteiger partial charge is 0.373 e. The number of nitriles is 1. The van der Waals surface area contributed by atoms with Crippen molar-refractivity contribution >= 4 is 5.69 Å². The Balaban J connectivity index is 2.79. The molecule has 0 spiro atoms. The van der Waals surface area contributed by atoms with Crippen molar-refractivity contribution < 1.29 is 4.39 Å². The summed E-state index contributed by atoms with van der Waals surface area (Å²) in [5.74, 6) is 0. The summed E-state index contributed by atoms with van der Waals surface area (Å²) in [6.45, 7) is 0.314. The number of hydrogen-bond acceptors (Lipinski definition) is 2. The van der Waals surface area contributed by atoms with Crippen LogP contribution in [0.2, 0.25) is 0 Å². The first-order valence-corrected chi connectivity index (χ1v) is 4.56. The molecule has 74 valence electrons. The molecule has 3 heteroatoms. The fourth-order valence-electron chi connectivity index (χ4n) is 1.32. The molecular weight excluding hydrogens is 179 g/mol. The first-order chi connectivity index (χ1) is 6.79. The highest BCUT2D eigenvalue weighted by molar-refractivity contribution is 5.58. The van der Waals surface area contributed by atoms with Crippen LogP contribution in [-0.4, -0.2) is 20.3 Å². The van der Waals surface area contributed by atoms with E-state index in [2.05, 4.69) is 6.07 Å². The van der Waals surface area contributed by atoms with Crippen LogP contribution in [0, 0.1) is 11.3 Å². The van der Waals surface area contributed by atoms with Gasteiger partial charge in [0.15, 0.2) is 0 Å². The highest BCUT2D eigenvalue weighted by Gasteiger charge is 2.05. The molecule has 0 fully saturated rings. The molecule has 0 bridgehead atoms. The summed E-state index contributed by atoms with van der Waals surface area (Å²) in [7, 11) is 1.87. The highest BCUT2D eigenvalue weighted by atomic mass is 19.1. The van der Waals surface area contributed by atoms with Gasteiger partial charge in [0.05, 0.1) is 17.9 Å². The van der Waals surface area contributed by atoms with Gasteiger partial charge in [0.1, 0.15) is 6.07 Å². The zero-order chi connectivity index (χ0) is 10.4. The molecule has 0 aliphatic rings. The van der Waals surface area contributed by atoms with E-state index in [4.69, 9.17) is 5.26 Å². The first kappa shape index (κ1) is 10.5. The number of rotatable bonds is 4. The van der Waals surface area contributed by atoms with E-state index in [1.165, 1.54) is 0 Å². The molecule has 0 saturated carbocycles. The molecule has 1 aromatic rings. The number of benzene rings is 1. The minimum atomic E-state index is -0.320. The van der Waals surface area contributed by atoms with Gasteiger partial charge in [-0.2, -0.15) is 5.26 Å². The molecule has 0 aliphatic heterocycles. The van der Waals surface area contributed by atoms with E-state index in [-0.39, 0.29) is 6.67 Å². The maximum atomic E-state index is 12.0. The summed E-state index contributed by atoms with van der Waals surface area (Å²) in [6, 6.07) is 9.46. The number of hydrogen-bond donors (Lipinski definition) is 0. The second kappa shape index (κ2) is 5.23. The molecule has 0 atom stereocenters. The lowest BCUT2D eigenvalue weighted by Crippen LogP contribution is -2.19. The van der Waals surface area contributed by atoms with Crippen LogP contribution in [0.5, 0.6) is 0 Å². The predicted octanol–water partition coefficient (Wildman–Crippen LogP) is 2.35. The fraction of sp³-hybridized carbons (Fsp3) is 0.364. The van der Waals surface area contributed by atoms with Crippen LogP contribution >= 0.6 is 0 Å². The molecule has 1 aromatic carbocycles. The Bertz CT molecular complexity index is 330. The molecule has 0 amide bonds. The van der Waals surface area contributed by atoms with Crippen molar-refractivity contribution in [3.8, 4) is 6.07 Å². The third-order valence-electron chi connectivity index (χ3n) is 2.06. The van der Waals surface area contributed by atoms with Crippen molar-refractivity contribution in [1.29, 1.82) is 5.26 Å². The second-order valence-electron chi connectivity index (χ2n) is 3.09. The normalized spacial score (nSPS) is 9.50. The Labute approximate surface area is 83.6 Å². The Morgan fingerprint density at radius 1 is 1.43 bits per heavy atom. The number of halogens is 1. The monoisotopic (exact) mass is 192 g/mol. The van der Waals surface area contributed by atoms with Crippen LogP contribution < -0.4 is 4.90 Å². The number of alkyl halides is 1. The van der Waals surface area contributed by atoms with Crippen molar-refractivity contribution in [3.63, 3.8) is 0 Å². The Morgan fingerprint density at radius 3 is 2.79 bits per heavy atom.